The third-order valence-electron chi connectivity index (χ3n) is 5.42. The highest BCUT2D eigenvalue weighted by atomic mass is 16.6. The van der Waals surface area contributed by atoms with E-state index in [1.165, 1.54) is 0 Å². The van der Waals surface area contributed by atoms with Gasteiger partial charge in [0.25, 0.3) is 0 Å². The van der Waals surface area contributed by atoms with Crippen molar-refractivity contribution in [1.29, 1.82) is 0 Å². The molecule has 0 radical (unpaired) electrons. The van der Waals surface area contributed by atoms with Crippen molar-refractivity contribution >= 4 is 17.9 Å². The number of ether oxygens (including phenoxy) is 1. The number of nitrogens with zero attached hydrogens (tertiary/aromatic N) is 1. The predicted molar refractivity (Wildman–Crippen MR) is 141 cm³/mol. The Labute approximate surface area is 212 Å². The Morgan fingerprint density at radius 1 is 0.886 bits per heavy atom. The summed E-state index contributed by atoms with van der Waals surface area (Å²) in [7, 11) is 0. The van der Waals surface area contributed by atoms with Gasteiger partial charge in [0.1, 0.15) is 17.7 Å². The molecular formula is C28H47N3O4. The highest BCUT2D eigenvalue weighted by Gasteiger charge is 2.43. The first-order chi connectivity index (χ1) is 15.6. The van der Waals surface area contributed by atoms with E-state index < -0.39 is 34.9 Å². The number of carbonyl (C=O) groups is 3. The van der Waals surface area contributed by atoms with Gasteiger partial charge in [0, 0.05) is 11.1 Å². The molecule has 0 bridgehead atoms. The van der Waals surface area contributed by atoms with Crippen LogP contribution in [0.15, 0.2) is 18.2 Å². The van der Waals surface area contributed by atoms with Crippen molar-refractivity contribution in [3.63, 3.8) is 0 Å². The summed E-state index contributed by atoms with van der Waals surface area (Å²) in [4.78, 5) is 42.1. The average molecular weight is 490 g/mol. The maximum Gasteiger partial charge on any atom is 0.408 e. The second kappa shape index (κ2) is 11.0. The van der Waals surface area contributed by atoms with Crippen LogP contribution in [0.25, 0.3) is 0 Å². The van der Waals surface area contributed by atoms with Gasteiger partial charge >= 0.3 is 6.09 Å². The summed E-state index contributed by atoms with van der Waals surface area (Å²) in [6.45, 7) is 24.5. The molecule has 0 aromatic heterocycles. The van der Waals surface area contributed by atoms with E-state index in [4.69, 9.17) is 4.74 Å². The first-order valence-electron chi connectivity index (χ1n) is 12.4. The van der Waals surface area contributed by atoms with E-state index in [9.17, 15) is 14.4 Å². The molecule has 1 rings (SSSR count). The van der Waals surface area contributed by atoms with Gasteiger partial charge in [0.05, 0.1) is 0 Å². The zero-order valence-electron chi connectivity index (χ0n) is 24.0. The SMILES string of the molecule is Cc1ccc(C(C(=O)NC(C)(C)C)N(C(=O)C(NC(=O)OC(C)(C)C)C(C)C)C(C)(C)C)cc1C. The maximum atomic E-state index is 14.1. The number of aryl methyl sites for hydroxylation is 2. The zero-order chi connectivity index (χ0) is 27.5. The normalized spacial score (nSPS) is 14.2. The number of nitrogens with one attached hydrogen (secondary N) is 2. The summed E-state index contributed by atoms with van der Waals surface area (Å²) in [5, 5.41) is 5.81. The van der Waals surface area contributed by atoms with Crippen LogP contribution in [0, 0.1) is 19.8 Å². The zero-order valence-corrected chi connectivity index (χ0v) is 24.0. The van der Waals surface area contributed by atoms with Crippen molar-refractivity contribution in [2.45, 2.75) is 119 Å². The van der Waals surface area contributed by atoms with Crippen molar-refractivity contribution in [2.75, 3.05) is 0 Å². The number of amides is 3. The van der Waals surface area contributed by atoms with Crippen LogP contribution in [0.3, 0.4) is 0 Å². The molecule has 7 nitrogen and oxygen atoms in total. The van der Waals surface area contributed by atoms with Crippen molar-refractivity contribution in [3.05, 3.63) is 34.9 Å². The molecule has 0 saturated carbocycles. The number of benzene rings is 1. The standard InChI is InChI=1S/C28H47N3O4/c1-17(2)21(29-25(34)35-28(11,12)13)24(33)31(27(8,9)10)22(23(32)30-26(5,6)7)20-15-14-18(3)19(4)16-20/h14-17,21-22H,1-13H3,(H,29,34)(H,30,32). The van der Waals surface area contributed by atoms with Crippen molar-refractivity contribution < 1.29 is 19.1 Å². The summed E-state index contributed by atoms with van der Waals surface area (Å²) >= 11 is 0. The Kier molecular flexibility index (Phi) is 9.58. The Bertz CT molecular complexity index is 918. The van der Waals surface area contributed by atoms with Crippen molar-refractivity contribution in [1.82, 2.24) is 15.5 Å². The smallest absolute Gasteiger partial charge is 0.408 e. The lowest BCUT2D eigenvalue weighted by molar-refractivity contribution is -0.149. The second-order valence-corrected chi connectivity index (χ2v) is 12.7. The number of hydrogen-bond acceptors (Lipinski definition) is 4. The molecule has 0 aliphatic carbocycles. The molecule has 0 heterocycles. The quantitative estimate of drug-likeness (QED) is 0.557. The van der Waals surface area contributed by atoms with Crippen molar-refractivity contribution in [3.8, 4) is 0 Å². The Hall–Kier alpha value is -2.57. The molecule has 0 aliphatic heterocycles. The Morgan fingerprint density at radius 3 is 1.83 bits per heavy atom. The predicted octanol–water partition coefficient (Wildman–Crippen LogP) is 5.44. The maximum absolute atomic E-state index is 14.1. The van der Waals surface area contributed by atoms with Crippen LogP contribution in [0.2, 0.25) is 0 Å². The van der Waals surface area contributed by atoms with Gasteiger partial charge in [-0.3, -0.25) is 9.59 Å². The summed E-state index contributed by atoms with van der Waals surface area (Å²) in [5.74, 6) is -0.847. The van der Waals surface area contributed by atoms with Gasteiger partial charge in [-0.05, 0) is 98.8 Å². The fourth-order valence-corrected chi connectivity index (χ4v) is 3.73. The van der Waals surface area contributed by atoms with Gasteiger partial charge in [0.2, 0.25) is 11.8 Å². The van der Waals surface area contributed by atoms with Crippen LogP contribution in [0.4, 0.5) is 4.79 Å². The van der Waals surface area contributed by atoms with E-state index in [1.54, 1.807) is 25.7 Å². The molecule has 2 unspecified atom stereocenters. The van der Waals surface area contributed by atoms with Gasteiger partial charge < -0.3 is 20.3 Å². The number of carbonyl (C=O) groups excluding carboxylic acids is 3. The molecule has 7 heteroatoms. The summed E-state index contributed by atoms with van der Waals surface area (Å²) in [6.07, 6.45) is -0.666. The van der Waals surface area contributed by atoms with E-state index in [2.05, 4.69) is 10.6 Å². The molecule has 0 fully saturated rings. The molecule has 2 atom stereocenters. The molecule has 0 aliphatic rings. The second-order valence-electron chi connectivity index (χ2n) is 12.7. The van der Waals surface area contributed by atoms with Gasteiger partial charge in [-0.15, -0.1) is 0 Å². The molecule has 3 amide bonds. The highest BCUT2D eigenvalue weighted by Crippen LogP contribution is 2.32. The van der Waals surface area contributed by atoms with Crippen LogP contribution in [-0.2, 0) is 14.3 Å². The minimum atomic E-state index is -0.886. The average Bonchev–Trinajstić information content (AvgIpc) is 2.61. The molecule has 0 saturated heterocycles. The van der Waals surface area contributed by atoms with E-state index in [0.717, 1.165) is 16.7 Å². The molecule has 1 aromatic carbocycles. The molecular weight excluding hydrogens is 442 g/mol. The van der Waals surface area contributed by atoms with Gasteiger partial charge in [-0.25, -0.2) is 4.79 Å². The lowest BCUT2D eigenvalue weighted by atomic mass is 9.91. The minimum absolute atomic E-state index is 0.231. The number of hydrogen-bond donors (Lipinski definition) is 2. The lowest BCUT2D eigenvalue weighted by Gasteiger charge is -2.44. The van der Waals surface area contributed by atoms with Crippen LogP contribution < -0.4 is 10.6 Å². The van der Waals surface area contributed by atoms with E-state index in [-0.39, 0.29) is 17.7 Å². The van der Waals surface area contributed by atoms with Crippen molar-refractivity contribution in [2.24, 2.45) is 5.92 Å². The molecule has 198 valence electrons. The van der Waals surface area contributed by atoms with Gasteiger partial charge in [-0.2, -0.15) is 0 Å². The summed E-state index contributed by atoms with van der Waals surface area (Å²) in [6, 6.07) is 4.06. The monoisotopic (exact) mass is 489 g/mol. The Morgan fingerprint density at radius 2 is 1.43 bits per heavy atom. The minimum Gasteiger partial charge on any atom is -0.444 e. The summed E-state index contributed by atoms with van der Waals surface area (Å²) < 4.78 is 5.42. The van der Waals surface area contributed by atoms with E-state index >= 15 is 0 Å². The van der Waals surface area contributed by atoms with Crippen LogP contribution in [-0.4, -0.2) is 45.5 Å². The van der Waals surface area contributed by atoms with Gasteiger partial charge in [-0.1, -0.05) is 32.0 Å². The first-order valence-corrected chi connectivity index (χ1v) is 12.4. The third-order valence-corrected chi connectivity index (χ3v) is 5.42. The first kappa shape index (κ1) is 30.5. The van der Waals surface area contributed by atoms with Crippen LogP contribution >= 0.6 is 0 Å². The number of alkyl carbamates (subject to hydrolysis) is 1. The largest absolute Gasteiger partial charge is 0.444 e. The summed E-state index contributed by atoms with van der Waals surface area (Å²) in [5.41, 5.74) is 0.936. The third kappa shape index (κ3) is 9.19. The van der Waals surface area contributed by atoms with Crippen LogP contribution in [0.5, 0.6) is 0 Å². The molecule has 0 spiro atoms. The van der Waals surface area contributed by atoms with Crippen LogP contribution in [0.1, 0.15) is 98.9 Å². The van der Waals surface area contributed by atoms with E-state index in [1.807, 2.05) is 87.4 Å². The lowest BCUT2D eigenvalue weighted by Crippen LogP contribution is -2.60. The highest BCUT2D eigenvalue weighted by molar-refractivity contribution is 5.93. The molecule has 2 N–H and O–H groups in total. The topological polar surface area (TPSA) is 87.7 Å². The van der Waals surface area contributed by atoms with E-state index in [0.29, 0.717) is 0 Å². The van der Waals surface area contributed by atoms with Gasteiger partial charge in [0.15, 0.2) is 0 Å². The molecule has 1 aromatic rings. The fourth-order valence-electron chi connectivity index (χ4n) is 3.73. The Balaban J connectivity index is 3.64. The fraction of sp³-hybridized carbons (Fsp3) is 0.679. The molecule has 35 heavy (non-hydrogen) atoms. The number of rotatable bonds is 6.